The van der Waals surface area contributed by atoms with Crippen LogP contribution >= 0.6 is 0 Å². The lowest BCUT2D eigenvalue weighted by atomic mass is 10.1. The number of H-pyrrole nitrogens is 1. The van der Waals surface area contributed by atoms with E-state index in [0.717, 1.165) is 22.4 Å². The molecule has 0 aliphatic heterocycles. The molecule has 152 valence electrons. The first kappa shape index (κ1) is 20.7. The molecule has 0 amide bonds. The summed E-state index contributed by atoms with van der Waals surface area (Å²) in [5.74, 6) is 1.14. The summed E-state index contributed by atoms with van der Waals surface area (Å²) >= 11 is 0. The molecule has 3 N–H and O–H groups in total. The minimum atomic E-state index is -3.28. The van der Waals surface area contributed by atoms with Crippen LogP contribution in [0.2, 0.25) is 0 Å². The molecular formula is C20H23N5O3S. The van der Waals surface area contributed by atoms with Crippen molar-refractivity contribution in [2.75, 3.05) is 12.4 Å². The van der Waals surface area contributed by atoms with Gasteiger partial charge in [0.05, 0.1) is 5.75 Å². The van der Waals surface area contributed by atoms with Crippen LogP contribution in [-0.4, -0.2) is 30.4 Å². The van der Waals surface area contributed by atoms with Gasteiger partial charge in [0.1, 0.15) is 11.6 Å². The number of sulfonamides is 1. The van der Waals surface area contributed by atoms with Gasteiger partial charge in [-0.05, 0) is 36.7 Å². The predicted octanol–water partition coefficient (Wildman–Crippen LogP) is 2.06. The van der Waals surface area contributed by atoms with Crippen molar-refractivity contribution in [3.05, 3.63) is 75.8 Å². The molecule has 2 heterocycles. The maximum atomic E-state index is 11.7. The van der Waals surface area contributed by atoms with E-state index in [2.05, 4.69) is 25.0 Å². The lowest BCUT2D eigenvalue weighted by Gasteiger charge is -2.08. The number of anilines is 1. The number of nitrogens with zero attached hydrogens (tertiary/aromatic N) is 2. The number of benzene rings is 1. The van der Waals surface area contributed by atoms with Crippen molar-refractivity contribution >= 4 is 15.8 Å². The third-order valence-electron chi connectivity index (χ3n) is 4.36. The van der Waals surface area contributed by atoms with Gasteiger partial charge in [0.15, 0.2) is 0 Å². The molecule has 1 aromatic carbocycles. The van der Waals surface area contributed by atoms with E-state index in [1.807, 2.05) is 31.2 Å². The number of nitrogens with one attached hydrogen (secondary N) is 3. The number of pyridine rings is 1. The van der Waals surface area contributed by atoms with Crippen molar-refractivity contribution in [1.82, 2.24) is 19.7 Å². The smallest absolute Gasteiger partial charge is 0.251 e. The van der Waals surface area contributed by atoms with Crippen LogP contribution in [0.15, 0.2) is 53.5 Å². The average molecular weight is 414 g/mol. The summed E-state index contributed by atoms with van der Waals surface area (Å²) in [4.78, 5) is 23.2. The van der Waals surface area contributed by atoms with Crippen molar-refractivity contribution in [3.63, 3.8) is 0 Å². The number of rotatable bonds is 8. The van der Waals surface area contributed by atoms with Crippen molar-refractivity contribution < 1.29 is 8.42 Å². The summed E-state index contributed by atoms with van der Waals surface area (Å²) in [5.41, 5.74) is 3.01. The monoisotopic (exact) mass is 413 g/mol. The van der Waals surface area contributed by atoms with Gasteiger partial charge in [0, 0.05) is 30.1 Å². The van der Waals surface area contributed by atoms with Crippen LogP contribution in [0.1, 0.15) is 23.7 Å². The fraction of sp³-hybridized carbons (Fsp3) is 0.250. The fourth-order valence-corrected chi connectivity index (χ4v) is 3.48. The topological polar surface area (TPSA) is 117 Å². The average Bonchev–Trinajstić information content (AvgIpc) is 2.73. The van der Waals surface area contributed by atoms with Gasteiger partial charge in [0.2, 0.25) is 10.0 Å². The van der Waals surface area contributed by atoms with E-state index >= 15 is 0 Å². The van der Waals surface area contributed by atoms with Gasteiger partial charge in [0.25, 0.3) is 5.56 Å². The molecule has 0 spiro atoms. The van der Waals surface area contributed by atoms with Crippen LogP contribution in [0.5, 0.6) is 0 Å². The fourth-order valence-electron chi connectivity index (χ4n) is 2.70. The molecule has 0 unspecified atom stereocenters. The van der Waals surface area contributed by atoms with Crippen LogP contribution in [-0.2, 0) is 28.7 Å². The van der Waals surface area contributed by atoms with Gasteiger partial charge >= 0.3 is 0 Å². The molecule has 9 heteroatoms. The third kappa shape index (κ3) is 5.72. The second-order valence-electron chi connectivity index (χ2n) is 6.50. The van der Waals surface area contributed by atoms with Crippen LogP contribution in [0.25, 0.3) is 11.4 Å². The summed E-state index contributed by atoms with van der Waals surface area (Å²) in [6.07, 6.45) is 2.34. The zero-order valence-electron chi connectivity index (χ0n) is 16.3. The SMILES string of the molecule is CCc1cc(=O)[nH]c(-c2ccc(NCc3ccc(CS(=O)(=O)NC)cc3)nc2)n1. The van der Waals surface area contributed by atoms with Gasteiger partial charge in [-0.25, -0.2) is 23.1 Å². The number of aryl methyl sites for hydroxylation is 1. The highest BCUT2D eigenvalue weighted by Gasteiger charge is 2.08. The van der Waals surface area contributed by atoms with Crippen LogP contribution < -0.4 is 15.6 Å². The van der Waals surface area contributed by atoms with Crippen molar-refractivity contribution in [2.24, 2.45) is 0 Å². The molecule has 0 bridgehead atoms. The Balaban J connectivity index is 1.63. The Kier molecular flexibility index (Phi) is 6.40. The normalized spacial score (nSPS) is 11.4. The minimum Gasteiger partial charge on any atom is -0.366 e. The molecule has 0 radical (unpaired) electrons. The van der Waals surface area contributed by atoms with E-state index in [0.29, 0.717) is 24.6 Å². The van der Waals surface area contributed by atoms with E-state index in [1.165, 1.54) is 13.1 Å². The molecular weight excluding hydrogens is 390 g/mol. The number of aromatic amines is 1. The summed E-state index contributed by atoms with van der Waals surface area (Å²) in [5, 5.41) is 3.22. The summed E-state index contributed by atoms with van der Waals surface area (Å²) in [6, 6.07) is 12.5. The second-order valence-corrected chi connectivity index (χ2v) is 8.43. The molecule has 0 aliphatic carbocycles. The molecule has 29 heavy (non-hydrogen) atoms. The Morgan fingerprint density at radius 1 is 1.07 bits per heavy atom. The van der Waals surface area contributed by atoms with Gasteiger partial charge in [-0.3, -0.25) is 4.79 Å². The number of aromatic nitrogens is 3. The maximum absolute atomic E-state index is 11.7. The largest absolute Gasteiger partial charge is 0.366 e. The first-order valence-electron chi connectivity index (χ1n) is 9.18. The molecule has 0 saturated carbocycles. The standard InChI is InChI=1S/C20H23N5O3S/c1-3-17-10-19(26)25-20(24-17)16-8-9-18(23-12-16)22-11-14-4-6-15(7-5-14)13-29(27,28)21-2/h4-10,12,21H,3,11,13H2,1-2H3,(H,22,23)(H,24,25,26). The number of hydrogen-bond donors (Lipinski definition) is 3. The summed E-state index contributed by atoms with van der Waals surface area (Å²) in [7, 11) is -1.87. The predicted molar refractivity (Wildman–Crippen MR) is 113 cm³/mol. The Bertz CT molecular complexity index is 1120. The highest BCUT2D eigenvalue weighted by molar-refractivity contribution is 7.88. The highest BCUT2D eigenvalue weighted by atomic mass is 32.2. The van der Waals surface area contributed by atoms with Crippen molar-refractivity contribution in [2.45, 2.75) is 25.6 Å². The Labute approximate surface area is 169 Å². The Morgan fingerprint density at radius 3 is 2.41 bits per heavy atom. The molecule has 0 aliphatic rings. The Morgan fingerprint density at radius 2 is 1.79 bits per heavy atom. The van der Waals surface area contributed by atoms with E-state index in [9.17, 15) is 13.2 Å². The molecule has 8 nitrogen and oxygen atoms in total. The lowest BCUT2D eigenvalue weighted by Crippen LogP contribution is -2.20. The summed E-state index contributed by atoms with van der Waals surface area (Å²) in [6.45, 7) is 2.49. The first-order valence-corrected chi connectivity index (χ1v) is 10.8. The van der Waals surface area contributed by atoms with Gasteiger partial charge in [-0.2, -0.15) is 0 Å². The van der Waals surface area contributed by atoms with Crippen LogP contribution in [0, 0.1) is 0 Å². The van der Waals surface area contributed by atoms with E-state index in [-0.39, 0.29) is 11.3 Å². The molecule has 2 aromatic heterocycles. The van der Waals surface area contributed by atoms with Gasteiger partial charge in [-0.15, -0.1) is 0 Å². The minimum absolute atomic E-state index is 0.0460. The number of hydrogen-bond acceptors (Lipinski definition) is 6. The van der Waals surface area contributed by atoms with Crippen molar-refractivity contribution in [1.29, 1.82) is 0 Å². The first-order chi connectivity index (χ1) is 13.9. The molecule has 0 saturated heterocycles. The van der Waals surface area contributed by atoms with E-state index in [1.54, 1.807) is 18.3 Å². The molecule has 3 rings (SSSR count). The Hall–Kier alpha value is -3.04. The summed E-state index contributed by atoms with van der Waals surface area (Å²) < 4.78 is 25.5. The zero-order valence-corrected chi connectivity index (χ0v) is 17.1. The highest BCUT2D eigenvalue weighted by Crippen LogP contribution is 2.16. The maximum Gasteiger partial charge on any atom is 0.251 e. The third-order valence-corrected chi connectivity index (χ3v) is 5.69. The van der Waals surface area contributed by atoms with Gasteiger partial charge in [-0.1, -0.05) is 31.2 Å². The zero-order chi connectivity index (χ0) is 20.9. The van der Waals surface area contributed by atoms with Crippen LogP contribution in [0.4, 0.5) is 5.82 Å². The quantitative estimate of drug-likeness (QED) is 0.520. The molecule has 3 aromatic rings. The van der Waals surface area contributed by atoms with Gasteiger partial charge < -0.3 is 10.3 Å². The van der Waals surface area contributed by atoms with Crippen molar-refractivity contribution in [3.8, 4) is 11.4 Å². The molecule has 0 atom stereocenters. The lowest BCUT2D eigenvalue weighted by molar-refractivity contribution is 0.587. The second kappa shape index (κ2) is 8.97. The molecule has 0 fully saturated rings. The van der Waals surface area contributed by atoms with E-state index in [4.69, 9.17) is 0 Å². The van der Waals surface area contributed by atoms with Crippen LogP contribution in [0.3, 0.4) is 0 Å². The van der Waals surface area contributed by atoms with E-state index < -0.39 is 10.0 Å².